The van der Waals surface area contributed by atoms with Crippen LogP contribution in [0.25, 0.3) is 0 Å². The molecular formula is C13H20N2O2. The number of aliphatic carboxylic acids is 1. The van der Waals surface area contributed by atoms with Crippen molar-refractivity contribution in [1.29, 1.82) is 0 Å². The lowest BCUT2D eigenvalue weighted by Crippen LogP contribution is -2.34. The number of nitrogen functional groups attached to an aromatic ring is 1. The van der Waals surface area contributed by atoms with Gasteiger partial charge in [0.1, 0.15) is 6.04 Å². The zero-order valence-corrected chi connectivity index (χ0v) is 10.7. The van der Waals surface area contributed by atoms with Gasteiger partial charge in [-0.15, -0.1) is 0 Å². The Morgan fingerprint density at radius 2 is 1.88 bits per heavy atom. The lowest BCUT2D eigenvalue weighted by molar-refractivity contribution is -0.138. The average molecular weight is 236 g/mol. The van der Waals surface area contributed by atoms with E-state index in [0.29, 0.717) is 0 Å². The molecule has 0 fully saturated rings. The van der Waals surface area contributed by atoms with E-state index in [9.17, 15) is 4.79 Å². The van der Waals surface area contributed by atoms with E-state index in [1.807, 2.05) is 39.8 Å². The second-order valence-electron chi connectivity index (χ2n) is 4.73. The van der Waals surface area contributed by atoms with E-state index < -0.39 is 12.0 Å². The minimum Gasteiger partial charge on any atom is -0.480 e. The first-order valence-electron chi connectivity index (χ1n) is 5.69. The molecule has 1 aromatic carbocycles. The Bertz CT molecular complexity index is 428. The van der Waals surface area contributed by atoms with Crippen LogP contribution in [-0.2, 0) is 4.79 Å². The van der Waals surface area contributed by atoms with E-state index >= 15 is 0 Å². The van der Waals surface area contributed by atoms with E-state index in [1.165, 1.54) is 0 Å². The molecule has 0 unspecified atom stereocenters. The number of carboxylic acid groups (broad SMARTS) is 1. The Labute approximate surface area is 102 Å². The number of nitrogens with one attached hydrogen (secondary N) is 1. The summed E-state index contributed by atoms with van der Waals surface area (Å²) in [7, 11) is 0. The van der Waals surface area contributed by atoms with Gasteiger partial charge in [0.2, 0.25) is 0 Å². The topological polar surface area (TPSA) is 75.3 Å². The molecule has 1 atom stereocenters. The van der Waals surface area contributed by atoms with Crippen LogP contribution < -0.4 is 11.1 Å². The number of rotatable bonds is 4. The first kappa shape index (κ1) is 13.4. The largest absolute Gasteiger partial charge is 0.480 e. The van der Waals surface area contributed by atoms with E-state index in [0.717, 1.165) is 22.5 Å². The Kier molecular flexibility index (Phi) is 3.99. The second kappa shape index (κ2) is 5.08. The van der Waals surface area contributed by atoms with Crippen molar-refractivity contribution in [1.82, 2.24) is 0 Å². The molecule has 0 spiro atoms. The number of hydrogen-bond donors (Lipinski definition) is 3. The van der Waals surface area contributed by atoms with Crippen molar-refractivity contribution >= 4 is 17.3 Å². The fraction of sp³-hybridized carbons (Fsp3) is 0.462. The van der Waals surface area contributed by atoms with Crippen molar-refractivity contribution in [3.8, 4) is 0 Å². The van der Waals surface area contributed by atoms with Crippen molar-refractivity contribution in [2.45, 2.75) is 33.7 Å². The highest BCUT2D eigenvalue weighted by atomic mass is 16.4. The van der Waals surface area contributed by atoms with Gasteiger partial charge < -0.3 is 16.2 Å². The summed E-state index contributed by atoms with van der Waals surface area (Å²) in [5.41, 5.74) is 9.26. The molecule has 1 aromatic rings. The molecule has 0 aliphatic rings. The highest BCUT2D eigenvalue weighted by Crippen LogP contribution is 2.23. The quantitative estimate of drug-likeness (QED) is 0.702. The van der Waals surface area contributed by atoms with Crippen molar-refractivity contribution in [3.05, 3.63) is 23.3 Å². The van der Waals surface area contributed by atoms with Gasteiger partial charge in [0, 0.05) is 11.4 Å². The van der Waals surface area contributed by atoms with Crippen molar-refractivity contribution in [2.75, 3.05) is 11.1 Å². The zero-order valence-electron chi connectivity index (χ0n) is 10.7. The minimum atomic E-state index is -0.839. The number of carbonyl (C=O) groups is 1. The monoisotopic (exact) mass is 236 g/mol. The highest BCUT2D eigenvalue weighted by molar-refractivity contribution is 5.78. The summed E-state index contributed by atoms with van der Waals surface area (Å²) in [6, 6.07) is 3.16. The highest BCUT2D eigenvalue weighted by Gasteiger charge is 2.21. The maximum atomic E-state index is 11.1. The third-order valence-corrected chi connectivity index (χ3v) is 2.86. The van der Waals surface area contributed by atoms with E-state index in [-0.39, 0.29) is 5.92 Å². The van der Waals surface area contributed by atoms with Crippen LogP contribution in [-0.4, -0.2) is 17.1 Å². The molecule has 0 amide bonds. The third kappa shape index (κ3) is 3.12. The molecule has 94 valence electrons. The summed E-state index contributed by atoms with van der Waals surface area (Å²) in [5.74, 6) is -0.821. The molecule has 0 bridgehead atoms. The van der Waals surface area contributed by atoms with Crippen LogP contribution in [0, 0.1) is 19.8 Å². The predicted octanol–water partition coefficient (Wildman–Crippen LogP) is 2.41. The smallest absolute Gasteiger partial charge is 0.326 e. The van der Waals surface area contributed by atoms with Crippen LogP contribution >= 0.6 is 0 Å². The summed E-state index contributed by atoms with van der Waals surface area (Å²) in [5, 5.41) is 12.2. The number of hydrogen-bond acceptors (Lipinski definition) is 3. The van der Waals surface area contributed by atoms with Crippen LogP contribution in [0.15, 0.2) is 12.1 Å². The maximum absolute atomic E-state index is 11.1. The molecular weight excluding hydrogens is 216 g/mol. The van der Waals surface area contributed by atoms with Crippen LogP contribution in [0.1, 0.15) is 25.0 Å². The molecule has 0 aliphatic carbocycles. The predicted molar refractivity (Wildman–Crippen MR) is 70.2 cm³/mol. The van der Waals surface area contributed by atoms with Gasteiger partial charge in [-0.3, -0.25) is 0 Å². The summed E-state index contributed by atoms with van der Waals surface area (Å²) < 4.78 is 0. The normalized spacial score (nSPS) is 12.5. The Morgan fingerprint density at radius 3 is 2.35 bits per heavy atom. The standard InChI is InChI=1S/C13H20N2O2/c1-7(2)12(13(16)17)15-11-6-8(3)10(14)5-9(11)4/h5-7,12,15H,14H2,1-4H3,(H,16,17)/t12-/m0/s1. The first-order chi connectivity index (χ1) is 7.82. The van der Waals surface area contributed by atoms with Gasteiger partial charge in [-0.25, -0.2) is 4.79 Å². The van der Waals surface area contributed by atoms with Crippen LogP contribution in [0.4, 0.5) is 11.4 Å². The molecule has 0 saturated heterocycles. The van der Waals surface area contributed by atoms with Gasteiger partial charge in [-0.1, -0.05) is 13.8 Å². The first-order valence-corrected chi connectivity index (χ1v) is 5.69. The second-order valence-corrected chi connectivity index (χ2v) is 4.73. The molecule has 4 heteroatoms. The number of anilines is 2. The lowest BCUT2D eigenvalue weighted by Gasteiger charge is -2.21. The number of carboxylic acids is 1. The van der Waals surface area contributed by atoms with Crippen molar-refractivity contribution in [2.24, 2.45) is 5.92 Å². The Balaban J connectivity index is 3.01. The fourth-order valence-electron chi connectivity index (χ4n) is 1.68. The summed E-state index contributed by atoms with van der Waals surface area (Å²) in [6.45, 7) is 7.58. The van der Waals surface area contributed by atoms with Gasteiger partial charge in [0.25, 0.3) is 0 Å². The van der Waals surface area contributed by atoms with Crippen LogP contribution in [0.3, 0.4) is 0 Å². The van der Waals surface area contributed by atoms with Gasteiger partial charge in [-0.2, -0.15) is 0 Å². The third-order valence-electron chi connectivity index (χ3n) is 2.86. The molecule has 1 rings (SSSR count). The summed E-state index contributed by atoms with van der Waals surface area (Å²) >= 11 is 0. The SMILES string of the molecule is Cc1cc(N[C@H](C(=O)O)C(C)C)c(C)cc1N. The molecule has 0 aromatic heterocycles. The van der Waals surface area contributed by atoms with Crippen molar-refractivity contribution in [3.63, 3.8) is 0 Å². The van der Waals surface area contributed by atoms with Gasteiger partial charge in [0.15, 0.2) is 0 Å². The molecule has 0 aliphatic heterocycles. The summed E-state index contributed by atoms with van der Waals surface area (Å²) in [6.07, 6.45) is 0. The average Bonchev–Trinajstić information content (AvgIpc) is 2.20. The molecule has 4 nitrogen and oxygen atoms in total. The van der Waals surface area contributed by atoms with Crippen LogP contribution in [0.5, 0.6) is 0 Å². The molecule has 0 saturated carbocycles. The minimum absolute atomic E-state index is 0.0183. The zero-order chi connectivity index (χ0) is 13.2. The molecule has 0 radical (unpaired) electrons. The summed E-state index contributed by atoms with van der Waals surface area (Å²) in [4.78, 5) is 11.1. The molecule has 17 heavy (non-hydrogen) atoms. The lowest BCUT2D eigenvalue weighted by atomic mass is 10.0. The Morgan fingerprint density at radius 1 is 1.29 bits per heavy atom. The molecule has 0 heterocycles. The van der Waals surface area contributed by atoms with Gasteiger partial charge in [-0.05, 0) is 43.0 Å². The fourth-order valence-corrected chi connectivity index (χ4v) is 1.68. The van der Waals surface area contributed by atoms with E-state index in [2.05, 4.69) is 5.32 Å². The number of benzene rings is 1. The number of aryl methyl sites for hydroxylation is 2. The van der Waals surface area contributed by atoms with E-state index in [4.69, 9.17) is 10.8 Å². The number of nitrogens with two attached hydrogens (primary N) is 1. The molecule has 4 N–H and O–H groups in total. The Hall–Kier alpha value is -1.71. The van der Waals surface area contributed by atoms with E-state index in [1.54, 1.807) is 0 Å². The maximum Gasteiger partial charge on any atom is 0.326 e. The van der Waals surface area contributed by atoms with Crippen molar-refractivity contribution < 1.29 is 9.90 Å². The van der Waals surface area contributed by atoms with Gasteiger partial charge in [0.05, 0.1) is 0 Å². The van der Waals surface area contributed by atoms with Gasteiger partial charge >= 0.3 is 5.97 Å². The van der Waals surface area contributed by atoms with Crippen LogP contribution in [0.2, 0.25) is 0 Å².